The molecule has 0 atom stereocenters. The number of hydrogen-bond donors (Lipinski definition) is 0. The molecule has 2 heterocycles. The molecule has 1 aliphatic heterocycles. The van der Waals surface area contributed by atoms with Crippen molar-refractivity contribution < 1.29 is 23.0 Å². The Bertz CT molecular complexity index is 1160. The number of hydrogen-bond acceptors (Lipinski definition) is 6. The molecule has 35 heavy (non-hydrogen) atoms. The zero-order valence-electron chi connectivity index (χ0n) is 19.9. The number of carbonyl (C=O) groups excluding carboxylic acids is 1. The van der Waals surface area contributed by atoms with Crippen LogP contribution in [0.4, 0.5) is 14.6 Å². The van der Waals surface area contributed by atoms with E-state index in [2.05, 4.69) is 14.8 Å². The van der Waals surface area contributed by atoms with Crippen LogP contribution >= 0.6 is 0 Å². The molecule has 0 spiro atoms. The normalized spacial score (nSPS) is 14.3. The molecule has 6 nitrogen and oxygen atoms in total. The summed E-state index contributed by atoms with van der Waals surface area (Å²) in [5.74, 6) is -0.300. The van der Waals surface area contributed by atoms with E-state index in [0.717, 1.165) is 44.4 Å². The Kier molecular flexibility index (Phi) is 7.92. The number of piperazine rings is 1. The lowest BCUT2D eigenvalue weighted by molar-refractivity contribution is 0.0378. The van der Waals surface area contributed by atoms with Crippen LogP contribution in [0.1, 0.15) is 35.3 Å². The van der Waals surface area contributed by atoms with Crippen molar-refractivity contribution in [3.8, 4) is 5.75 Å². The van der Waals surface area contributed by atoms with Crippen LogP contribution in [0.15, 0.2) is 60.8 Å². The highest BCUT2D eigenvalue weighted by Gasteiger charge is 2.23. The Morgan fingerprint density at radius 3 is 2.57 bits per heavy atom. The number of nitrogens with zero attached hydrogens (tertiary/aromatic N) is 3. The minimum absolute atomic E-state index is 0.0277. The minimum Gasteiger partial charge on any atom is -0.489 e. The van der Waals surface area contributed by atoms with Crippen LogP contribution in [-0.4, -0.2) is 48.1 Å². The lowest BCUT2D eigenvalue weighted by atomic mass is 10.1. The van der Waals surface area contributed by atoms with Crippen LogP contribution in [-0.2, 0) is 17.9 Å². The lowest BCUT2D eigenvalue weighted by Crippen LogP contribution is -2.46. The lowest BCUT2D eigenvalue weighted by Gasteiger charge is -2.36. The van der Waals surface area contributed by atoms with Crippen LogP contribution in [0.3, 0.4) is 0 Å². The fourth-order valence-corrected chi connectivity index (χ4v) is 4.00. The van der Waals surface area contributed by atoms with E-state index in [1.165, 1.54) is 12.1 Å². The van der Waals surface area contributed by atoms with Gasteiger partial charge in [-0.05, 0) is 55.8 Å². The average Bonchev–Trinajstić information content (AvgIpc) is 2.84. The summed E-state index contributed by atoms with van der Waals surface area (Å²) in [6.45, 7) is 7.50. The van der Waals surface area contributed by atoms with E-state index >= 15 is 0 Å². The van der Waals surface area contributed by atoms with Gasteiger partial charge in [0, 0.05) is 50.6 Å². The van der Waals surface area contributed by atoms with Gasteiger partial charge in [-0.25, -0.2) is 18.6 Å². The highest BCUT2D eigenvalue weighted by molar-refractivity contribution is 5.94. The maximum atomic E-state index is 13.9. The molecule has 0 bridgehead atoms. The van der Waals surface area contributed by atoms with Crippen LogP contribution < -0.4 is 9.64 Å². The van der Waals surface area contributed by atoms with E-state index in [1.54, 1.807) is 18.3 Å². The Morgan fingerprint density at radius 1 is 1.03 bits per heavy atom. The standard InChI is InChI=1S/C27H29F2N3O3/c1-19(2)35-27(33)24-7-4-10-30-26(24)32-13-11-31(12-14-32)17-20-5-3-6-23(15-20)34-18-21-8-9-22(28)16-25(21)29/h3-10,15-16,19H,11-14,17-18H2,1-2H3. The molecule has 0 radical (unpaired) electrons. The van der Waals surface area contributed by atoms with E-state index in [1.807, 2.05) is 38.1 Å². The first-order valence-electron chi connectivity index (χ1n) is 11.7. The van der Waals surface area contributed by atoms with E-state index in [4.69, 9.17) is 9.47 Å². The summed E-state index contributed by atoms with van der Waals surface area (Å²) in [5.41, 5.74) is 1.87. The summed E-state index contributed by atoms with van der Waals surface area (Å²) in [5, 5.41) is 0. The second-order valence-corrected chi connectivity index (χ2v) is 8.76. The van der Waals surface area contributed by atoms with Gasteiger partial charge in [0.05, 0.1) is 6.10 Å². The van der Waals surface area contributed by atoms with Gasteiger partial charge in [0.1, 0.15) is 35.4 Å². The van der Waals surface area contributed by atoms with Crippen molar-refractivity contribution in [1.82, 2.24) is 9.88 Å². The van der Waals surface area contributed by atoms with E-state index in [0.29, 0.717) is 22.7 Å². The number of ether oxygens (including phenoxy) is 2. The van der Waals surface area contributed by atoms with E-state index < -0.39 is 11.6 Å². The Labute approximate surface area is 204 Å². The zero-order valence-corrected chi connectivity index (χ0v) is 19.9. The molecule has 1 fully saturated rings. The van der Waals surface area contributed by atoms with Crippen molar-refractivity contribution in [2.45, 2.75) is 33.1 Å². The quantitative estimate of drug-likeness (QED) is 0.430. The number of anilines is 1. The molecule has 0 amide bonds. The number of aromatic nitrogens is 1. The fraction of sp³-hybridized carbons (Fsp3) is 0.333. The molecule has 1 aromatic heterocycles. The van der Waals surface area contributed by atoms with Crippen molar-refractivity contribution in [3.63, 3.8) is 0 Å². The molecule has 8 heteroatoms. The Balaban J connectivity index is 1.33. The van der Waals surface area contributed by atoms with Gasteiger partial charge in [0.15, 0.2) is 0 Å². The molecule has 0 unspecified atom stereocenters. The van der Waals surface area contributed by atoms with Gasteiger partial charge in [-0.2, -0.15) is 0 Å². The number of rotatable bonds is 8. The second-order valence-electron chi connectivity index (χ2n) is 8.76. The Hall–Kier alpha value is -3.52. The van der Waals surface area contributed by atoms with Crippen molar-refractivity contribution in [3.05, 3.63) is 89.1 Å². The van der Waals surface area contributed by atoms with E-state index in [-0.39, 0.29) is 18.7 Å². The molecule has 2 aromatic carbocycles. The number of halogens is 2. The summed E-state index contributed by atoms with van der Waals surface area (Å²) in [7, 11) is 0. The second kappa shape index (κ2) is 11.3. The number of pyridine rings is 1. The molecule has 4 rings (SSSR count). The van der Waals surface area contributed by atoms with Gasteiger partial charge in [-0.3, -0.25) is 4.90 Å². The monoisotopic (exact) mass is 481 g/mol. The maximum Gasteiger partial charge on any atom is 0.342 e. The van der Waals surface area contributed by atoms with Gasteiger partial charge in [-0.1, -0.05) is 12.1 Å². The van der Waals surface area contributed by atoms with Gasteiger partial charge in [0.2, 0.25) is 0 Å². The summed E-state index contributed by atoms with van der Waals surface area (Å²) in [4.78, 5) is 21.4. The summed E-state index contributed by atoms with van der Waals surface area (Å²) in [6, 6.07) is 14.7. The molecule has 1 aliphatic rings. The summed E-state index contributed by atoms with van der Waals surface area (Å²) >= 11 is 0. The highest BCUT2D eigenvalue weighted by atomic mass is 19.1. The van der Waals surface area contributed by atoms with Gasteiger partial charge in [0.25, 0.3) is 0 Å². The van der Waals surface area contributed by atoms with Crippen LogP contribution in [0.25, 0.3) is 0 Å². The maximum absolute atomic E-state index is 13.9. The predicted molar refractivity (Wildman–Crippen MR) is 129 cm³/mol. The zero-order chi connectivity index (χ0) is 24.8. The molecule has 184 valence electrons. The molecule has 1 saturated heterocycles. The third-order valence-corrected chi connectivity index (χ3v) is 5.74. The van der Waals surface area contributed by atoms with Gasteiger partial charge in [-0.15, -0.1) is 0 Å². The third kappa shape index (κ3) is 6.54. The van der Waals surface area contributed by atoms with Crippen molar-refractivity contribution >= 4 is 11.8 Å². The number of esters is 1. The average molecular weight is 482 g/mol. The minimum atomic E-state index is -0.618. The van der Waals surface area contributed by atoms with E-state index in [9.17, 15) is 13.6 Å². The SMILES string of the molecule is CC(C)OC(=O)c1cccnc1N1CCN(Cc2cccc(OCc3ccc(F)cc3F)c2)CC1. The third-order valence-electron chi connectivity index (χ3n) is 5.74. The Morgan fingerprint density at radius 2 is 1.83 bits per heavy atom. The van der Waals surface area contributed by atoms with Crippen LogP contribution in [0.2, 0.25) is 0 Å². The molecule has 0 saturated carbocycles. The van der Waals surface area contributed by atoms with Crippen LogP contribution in [0, 0.1) is 11.6 Å². The summed E-state index contributed by atoms with van der Waals surface area (Å²) < 4.78 is 38.1. The molecule has 0 N–H and O–H groups in total. The fourth-order valence-electron chi connectivity index (χ4n) is 4.00. The van der Waals surface area contributed by atoms with Crippen molar-refractivity contribution in [1.29, 1.82) is 0 Å². The molecular formula is C27H29F2N3O3. The molecular weight excluding hydrogens is 452 g/mol. The van der Waals surface area contributed by atoms with Gasteiger partial charge >= 0.3 is 5.97 Å². The van der Waals surface area contributed by atoms with Crippen molar-refractivity contribution in [2.24, 2.45) is 0 Å². The topological polar surface area (TPSA) is 54.9 Å². The van der Waals surface area contributed by atoms with Crippen molar-refractivity contribution in [2.75, 3.05) is 31.1 Å². The first-order valence-corrected chi connectivity index (χ1v) is 11.7. The van der Waals surface area contributed by atoms with Crippen LogP contribution in [0.5, 0.6) is 5.75 Å². The highest BCUT2D eigenvalue weighted by Crippen LogP contribution is 2.22. The van der Waals surface area contributed by atoms with Gasteiger partial charge < -0.3 is 14.4 Å². The first kappa shape index (κ1) is 24.6. The molecule has 3 aromatic rings. The number of carbonyl (C=O) groups is 1. The summed E-state index contributed by atoms with van der Waals surface area (Å²) in [6.07, 6.45) is 1.50. The first-order chi connectivity index (χ1) is 16.9. The largest absolute Gasteiger partial charge is 0.489 e. The number of benzene rings is 2. The predicted octanol–water partition coefficient (Wildman–Crippen LogP) is 4.83. The smallest absolute Gasteiger partial charge is 0.342 e. The molecule has 0 aliphatic carbocycles.